The second kappa shape index (κ2) is 11.7. The van der Waals surface area contributed by atoms with Crippen molar-refractivity contribution in [2.24, 2.45) is 59.2 Å². The van der Waals surface area contributed by atoms with Gasteiger partial charge in [-0.3, -0.25) is 42.5 Å². The molecule has 10 fully saturated rings. The quantitative estimate of drug-likeness (QED) is 0.212. The van der Waals surface area contributed by atoms with Crippen molar-refractivity contribution in [3.05, 3.63) is 0 Å². The molecule has 8 heteroatoms. The van der Waals surface area contributed by atoms with Gasteiger partial charge in [0, 0.05) is 0 Å². The van der Waals surface area contributed by atoms with Crippen molar-refractivity contribution in [2.45, 2.75) is 165 Å². The molecule has 246 valence electrons. The topological polar surface area (TPSA) is 96.2 Å². The molecule has 8 bridgehead atoms. The van der Waals surface area contributed by atoms with Crippen LogP contribution in [0.4, 0.5) is 0 Å². The van der Waals surface area contributed by atoms with E-state index < -0.39 is 0 Å². The molecule has 0 radical (unpaired) electrons. The Morgan fingerprint density at radius 1 is 0.227 bits per heavy atom. The van der Waals surface area contributed by atoms with Crippen molar-refractivity contribution < 1.29 is 0 Å². The molecule has 0 aromatic carbocycles. The van der Waals surface area contributed by atoms with Gasteiger partial charge in [0.2, 0.25) is 0 Å². The minimum atomic E-state index is 0.417. The fourth-order valence-electron chi connectivity index (χ4n) is 13.7. The first-order chi connectivity index (χ1) is 21.8. The normalized spacial score (nSPS) is 58.4. The van der Waals surface area contributed by atoms with Gasteiger partial charge in [0.05, 0.1) is 49.3 Å². The molecule has 10 rings (SSSR count). The van der Waals surface area contributed by atoms with Crippen molar-refractivity contribution in [1.82, 2.24) is 42.5 Å². The van der Waals surface area contributed by atoms with Crippen LogP contribution in [-0.4, -0.2) is 49.3 Å². The Morgan fingerprint density at radius 3 is 0.682 bits per heavy atom. The lowest BCUT2D eigenvalue weighted by Gasteiger charge is -2.44. The maximum atomic E-state index is 4.36. The van der Waals surface area contributed by atoms with Gasteiger partial charge in [-0.15, -0.1) is 0 Å². The highest BCUT2D eigenvalue weighted by molar-refractivity contribution is 5.09. The van der Waals surface area contributed by atoms with E-state index in [-0.39, 0.29) is 0 Å². The lowest BCUT2D eigenvalue weighted by Crippen LogP contribution is -2.61. The summed E-state index contributed by atoms with van der Waals surface area (Å²) in [5.41, 5.74) is 0. The molecule has 10 aliphatic rings. The van der Waals surface area contributed by atoms with Gasteiger partial charge in [0.25, 0.3) is 0 Å². The van der Waals surface area contributed by atoms with Crippen LogP contribution in [0.25, 0.3) is 0 Å². The van der Waals surface area contributed by atoms with Gasteiger partial charge in [-0.05, 0) is 111 Å². The van der Waals surface area contributed by atoms with Crippen LogP contribution in [0.1, 0.15) is 116 Å². The highest BCUT2D eigenvalue weighted by Crippen LogP contribution is 2.50. The average Bonchev–Trinajstić information content (AvgIpc) is 3.79. The number of hydrogen-bond acceptors (Lipinski definition) is 8. The molecule has 0 spiro atoms. The number of nitrogens with one attached hydrogen (secondary N) is 8. The zero-order valence-electron chi connectivity index (χ0n) is 27.1. The summed E-state index contributed by atoms with van der Waals surface area (Å²) in [7, 11) is 0. The van der Waals surface area contributed by atoms with Crippen LogP contribution in [0.15, 0.2) is 0 Å². The van der Waals surface area contributed by atoms with Crippen LogP contribution in [0, 0.1) is 59.2 Å². The molecule has 18 atom stereocenters. The third-order valence-electron chi connectivity index (χ3n) is 15.7. The summed E-state index contributed by atoms with van der Waals surface area (Å²) in [6.07, 6.45) is 28.8. The molecule has 5 heterocycles. The van der Waals surface area contributed by atoms with Crippen LogP contribution in [0.5, 0.6) is 0 Å². The van der Waals surface area contributed by atoms with E-state index in [0.29, 0.717) is 49.3 Å². The molecule has 8 N–H and O–H groups in total. The summed E-state index contributed by atoms with van der Waals surface area (Å²) < 4.78 is 0. The molecule has 44 heavy (non-hydrogen) atoms. The highest BCUT2D eigenvalue weighted by Gasteiger charge is 2.55. The lowest BCUT2D eigenvalue weighted by molar-refractivity contribution is 0.0678. The molecule has 18 unspecified atom stereocenters. The Kier molecular flexibility index (Phi) is 7.61. The minimum absolute atomic E-state index is 0.417. The highest BCUT2D eigenvalue weighted by atomic mass is 15.4. The largest absolute Gasteiger partial charge is 0.286 e. The van der Waals surface area contributed by atoms with E-state index in [4.69, 9.17) is 0 Å². The second-order valence-corrected chi connectivity index (χ2v) is 17.6. The molecule has 0 aromatic heterocycles. The first kappa shape index (κ1) is 28.7. The van der Waals surface area contributed by atoms with Gasteiger partial charge in [-0.25, -0.2) is 0 Å². The van der Waals surface area contributed by atoms with Gasteiger partial charge in [0.15, 0.2) is 0 Å². The van der Waals surface area contributed by atoms with Crippen molar-refractivity contribution in [2.75, 3.05) is 0 Å². The average molecular weight is 607 g/mol. The summed E-state index contributed by atoms with van der Waals surface area (Å²) in [4.78, 5) is 0. The predicted octanol–water partition coefficient (Wildman–Crippen LogP) is 3.63. The smallest absolute Gasteiger partial charge is 0.0628 e. The maximum Gasteiger partial charge on any atom is 0.0628 e. The van der Waals surface area contributed by atoms with E-state index in [1.165, 1.54) is 116 Å². The molecule has 5 aliphatic carbocycles. The van der Waals surface area contributed by atoms with Crippen molar-refractivity contribution >= 4 is 0 Å². The van der Waals surface area contributed by atoms with E-state index in [1.54, 1.807) is 0 Å². The molecular weight excluding hydrogens is 544 g/mol. The fourth-order valence-corrected chi connectivity index (χ4v) is 13.7. The van der Waals surface area contributed by atoms with Crippen LogP contribution in [-0.2, 0) is 0 Å². The molecule has 5 aliphatic heterocycles. The number of hydrogen-bond donors (Lipinski definition) is 8. The maximum absolute atomic E-state index is 4.36. The molecule has 5 saturated carbocycles. The predicted molar refractivity (Wildman–Crippen MR) is 173 cm³/mol. The molecule has 5 saturated heterocycles. The summed E-state index contributed by atoms with van der Waals surface area (Å²) in [6.45, 7) is 0. The first-order valence-corrected chi connectivity index (χ1v) is 19.9. The van der Waals surface area contributed by atoms with Crippen LogP contribution in [0.3, 0.4) is 0 Å². The Morgan fingerprint density at radius 2 is 0.432 bits per heavy atom. The summed E-state index contributed by atoms with van der Waals surface area (Å²) in [6, 6.07) is 0. The lowest BCUT2D eigenvalue weighted by atomic mass is 9.63. The molecule has 8 nitrogen and oxygen atoms in total. The minimum Gasteiger partial charge on any atom is -0.286 e. The summed E-state index contributed by atoms with van der Waals surface area (Å²) in [5.74, 6) is 7.88. The van der Waals surface area contributed by atoms with E-state index >= 15 is 0 Å². The molecule has 0 aromatic rings. The van der Waals surface area contributed by atoms with E-state index in [0.717, 1.165) is 59.2 Å². The van der Waals surface area contributed by atoms with Crippen molar-refractivity contribution in [1.29, 1.82) is 0 Å². The Labute approximate surface area is 266 Å². The second-order valence-electron chi connectivity index (χ2n) is 17.6. The first-order valence-electron chi connectivity index (χ1n) is 19.9. The van der Waals surface area contributed by atoms with Gasteiger partial charge < -0.3 is 0 Å². The van der Waals surface area contributed by atoms with Gasteiger partial charge in [-0.1, -0.05) is 64.2 Å². The number of rotatable bonds is 0. The third-order valence-corrected chi connectivity index (χ3v) is 15.7. The van der Waals surface area contributed by atoms with E-state index in [1.807, 2.05) is 0 Å². The Bertz CT molecular complexity index is 964. The fraction of sp³-hybridized carbons (Fsp3) is 1.00. The molecule has 0 amide bonds. The van der Waals surface area contributed by atoms with Gasteiger partial charge in [0.1, 0.15) is 0 Å². The van der Waals surface area contributed by atoms with Crippen LogP contribution >= 0.6 is 0 Å². The SMILES string of the molecule is C1CCC2CC3C4NC5NC(NC6NC(NC7NC(NC(N4)C3CC2C1)C1CCCCC71)C1CCCCC61)C1CCCCC51. The monoisotopic (exact) mass is 607 g/mol. The summed E-state index contributed by atoms with van der Waals surface area (Å²) >= 11 is 0. The third kappa shape index (κ3) is 4.82. The standard InChI is InChI=1S/C36H62N8/c1-2-10-20-18-28-27(17-19(20)9-1)35-42-33-25-15-7-5-13-23(25)31(40-33)38-29-21-11-3-4-12-22(21)30(37-29)39-32-24-14-6-8-16-26(24)34(41-32)43-36(28)44-35/h19-44H,1-18H2. The van der Waals surface area contributed by atoms with Gasteiger partial charge in [-0.2, -0.15) is 0 Å². The Balaban J connectivity index is 0.991. The van der Waals surface area contributed by atoms with Gasteiger partial charge >= 0.3 is 0 Å². The van der Waals surface area contributed by atoms with Crippen LogP contribution < -0.4 is 42.5 Å². The van der Waals surface area contributed by atoms with E-state index in [9.17, 15) is 0 Å². The zero-order valence-corrected chi connectivity index (χ0v) is 27.1. The zero-order chi connectivity index (χ0) is 28.8. The van der Waals surface area contributed by atoms with E-state index in [2.05, 4.69) is 42.5 Å². The van der Waals surface area contributed by atoms with Crippen molar-refractivity contribution in [3.63, 3.8) is 0 Å². The molecular formula is C36H62N8. The summed E-state index contributed by atoms with van der Waals surface area (Å²) in [5, 5.41) is 34.3. The van der Waals surface area contributed by atoms with Crippen LogP contribution in [0.2, 0.25) is 0 Å². The Hall–Kier alpha value is -0.320. The van der Waals surface area contributed by atoms with Crippen molar-refractivity contribution in [3.8, 4) is 0 Å². The number of fused-ring (bicyclic) bond motifs is 21.